The van der Waals surface area contributed by atoms with Crippen LogP contribution in [-0.4, -0.2) is 14.1 Å². The Hall–Kier alpha value is -0.100. The van der Waals surface area contributed by atoms with E-state index in [1.807, 2.05) is 31.1 Å². The van der Waals surface area contributed by atoms with Crippen LogP contribution in [0.2, 0.25) is 5.02 Å². The largest absolute Gasteiger partial charge is 0.376 e. The minimum Gasteiger partial charge on any atom is -0.376 e. The van der Waals surface area contributed by atoms with Gasteiger partial charge in [-0.25, -0.2) is 0 Å². The molecule has 0 fully saturated rings. The molecule has 0 spiro atoms. The highest BCUT2D eigenvalue weighted by atomic mass is 79.9. The van der Waals surface area contributed by atoms with Crippen molar-refractivity contribution < 1.29 is 0 Å². The molecule has 0 saturated carbocycles. The number of rotatable bonds is 3. The lowest BCUT2D eigenvalue weighted by molar-refractivity contribution is 1.13. The van der Waals surface area contributed by atoms with E-state index >= 15 is 0 Å². The first-order valence-corrected chi connectivity index (χ1v) is 5.50. The molecule has 0 unspecified atom stereocenters. The summed E-state index contributed by atoms with van der Waals surface area (Å²) in [6, 6.07) is 3.87. The monoisotopic (exact) mass is 295 g/mol. The van der Waals surface area contributed by atoms with E-state index in [4.69, 9.17) is 11.6 Å². The fourth-order valence-electron chi connectivity index (χ4n) is 1.06. The van der Waals surface area contributed by atoms with Crippen LogP contribution in [-0.2, 0) is 0 Å². The molecule has 3 nitrogen and oxygen atoms in total. The lowest BCUT2D eigenvalue weighted by Gasteiger charge is -2.18. The Labute approximate surface area is 102 Å². The van der Waals surface area contributed by atoms with E-state index in [0.717, 1.165) is 15.8 Å². The number of benzene rings is 1. The van der Waals surface area contributed by atoms with Gasteiger partial charge in [-0.2, -0.15) is 4.83 Å². The van der Waals surface area contributed by atoms with Gasteiger partial charge in [0.15, 0.2) is 0 Å². The number of hydrogen-bond donors (Lipinski definition) is 3. The standard InChI is InChI=1S/C8H11BrClN3S/c1-13(2)6-4-3-5(9)8(7(6)10)11-12-14/h3-4,11-12,14H,1-2H3. The van der Waals surface area contributed by atoms with E-state index in [1.165, 1.54) is 0 Å². The van der Waals surface area contributed by atoms with Crippen molar-refractivity contribution in [1.29, 1.82) is 0 Å². The van der Waals surface area contributed by atoms with Crippen LogP contribution in [0.5, 0.6) is 0 Å². The van der Waals surface area contributed by atoms with Gasteiger partial charge in [0.2, 0.25) is 0 Å². The zero-order chi connectivity index (χ0) is 10.7. The SMILES string of the molecule is CN(C)c1ccc(Br)c(NNS)c1Cl. The Balaban J connectivity index is 3.19. The molecule has 0 saturated heterocycles. The Morgan fingerprint density at radius 2 is 2.07 bits per heavy atom. The second-order valence-electron chi connectivity index (χ2n) is 2.89. The zero-order valence-electron chi connectivity index (χ0n) is 7.81. The van der Waals surface area contributed by atoms with Gasteiger partial charge in [-0.05, 0) is 28.1 Å². The number of halogens is 2. The molecule has 0 heterocycles. The second-order valence-corrected chi connectivity index (χ2v) is 4.34. The zero-order valence-corrected chi connectivity index (χ0v) is 11.0. The van der Waals surface area contributed by atoms with E-state index < -0.39 is 0 Å². The van der Waals surface area contributed by atoms with Crippen molar-refractivity contribution in [3.63, 3.8) is 0 Å². The number of nitrogens with one attached hydrogen (secondary N) is 2. The fourth-order valence-corrected chi connectivity index (χ4v) is 2.09. The van der Waals surface area contributed by atoms with Crippen LogP contribution in [0.15, 0.2) is 16.6 Å². The number of nitrogens with zero attached hydrogens (tertiary/aromatic N) is 1. The molecule has 2 N–H and O–H groups in total. The van der Waals surface area contributed by atoms with Gasteiger partial charge in [-0.15, -0.1) is 0 Å². The molecule has 0 atom stereocenters. The molecule has 0 aliphatic rings. The van der Waals surface area contributed by atoms with Crippen molar-refractivity contribution in [3.05, 3.63) is 21.6 Å². The predicted octanol–water partition coefficient (Wildman–Crippen LogP) is 2.93. The first kappa shape index (κ1) is 12.0. The minimum atomic E-state index is 0.644. The van der Waals surface area contributed by atoms with Gasteiger partial charge >= 0.3 is 0 Å². The number of thiol groups is 1. The molecule has 14 heavy (non-hydrogen) atoms. The van der Waals surface area contributed by atoms with Gasteiger partial charge in [0.25, 0.3) is 0 Å². The third kappa shape index (κ3) is 2.48. The Morgan fingerprint density at radius 3 is 2.57 bits per heavy atom. The molecule has 6 heteroatoms. The Morgan fingerprint density at radius 1 is 1.43 bits per heavy atom. The summed E-state index contributed by atoms with van der Waals surface area (Å²) in [6.45, 7) is 0. The maximum absolute atomic E-state index is 6.18. The van der Waals surface area contributed by atoms with Gasteiger partial charge in [-0.3, -0.25) is 0 Å². The Kier molecular flexibility index (Phi) is 4.37. The molecular formula is C8H11BrClN3S. The van der Waals surface area contributed by atoms with E-state index in [0.29, 0.717) is 5.02 Å². The second kappa shape index (κ2) is 5.11. The molecule has 0 radical (unpaired) electrons. The van der Waals surface area contributed by atoms with Gasteiger partial charge in [0, 0.05) is 18.6 Å². The van der Waals surface area contributed by atoms with E-state index in [2.05, 4.69) is 39.0 Å². The molecule has 0 amide bonds. The molecule has 0 aliphatic heterocycles. The highest BCUT2D eigenvalue weighted by Crippen LogP contribution is 2.37. The molecule has 0 aliphatic carbocycles. The summed E-state index contributed by atoms with van der Waals surface area (Å²) in [5, 5.41) is 0.644. The smallest absolute Gasteiger partial charge is 0.0895 e. The van der Waals surface area contributed by atoms with Crippen LogP contribution >= 0.6 is 40.3 Å². The highest BCUT2D eigenvalue weighted by Gasteiger charge is 2.10. The average molecular weight is 297 g/mol. The summed E-state index contributed by atoms with van der Waals surface area (Å²) in [4.78, 5) is 4.49. The van der Waals surface area contributed by atoms with Crippen LogP contribution in [0, 0.1) is 0 Å². The predicted molar refractivity (Wildman–Crippen MR) is 69.2 cm³/mol. The summed E-state index contributed by atoms with van der Waals surface area (Å²) in [6.07, 6.45) is 0. The third-order valence-electron chi connectivity index (χ3n) is 1.73. The van der Waals surface area contributed by atoms with E-state index in [9.17, 15) is 0 Å². The summed E-state index contributed by atoms with van der Waals surface area (Å²) >= 11 is 13.4. The van der Waals surface area contributed by atoms with Crippen LogP contribution in [0.4, 0.5) is 11.4 Å². The average Bonchev–Trinajstić information content (AvgIpc) is 2.11. The van der Waals surface area contributed by atoms with Crippen LogP contribution in [0.25, 0.3) is 0 Å². The van der Waals surface area contributed by atoms with Crippen LogP contribution in [0.3, 0.4) is 0 Å². The molecule has 78 valence electrons. The molecule has 1 rings (SSSR count). The van der Waals surface area contributed by atoms with Gasteiger partial charge in [-0.1, -0.05) is 24.4 Å². The number of hydrogen-bond acceptors (Lipinski definition) is 4. The first-order chi connectivity index (χ1) is 6.57. The number of hydrazine groups is 1. The normalized spacial score (nSPS) is 10.1. The minimum absolute atomic E-state index is 0.644. The van der Waals surface area contributed by atoms with Crippen molar-refractivity contribution in [2.24, 2.45) is 0 Å². The van der Waals surface area contributed by atoms with Crippen LogP contribution in [0.1, 0.15) is 0 Å². The van der Waals surface area contributed by atoms with Crippen molar-refractivity contribution in [3.8, 4) is 0 Å². The maximum atomic E-state index is 6.18. The molecule has 0 aromatic heterocycles. The molecule has 1 aromatic rings. The molecule has 1 aromatic carbocycles. The maximum Gasteiger partial charge on any atom is 0.0895 e. The summed E-state index contributed by atoms with van der Waals surface area (Å²) in [5.74, 6) is 0. The topological polar surface area (TPSA) is 27.3 Å². The van der Waals surface area contributed by atoms with Crippen molar-refractivity contribution >= 4 is 51.7 Å². The summed E-state index contributed by atoms with van der Waals surface area (Å²) < 4.78 is 0.884. The third-order valence-corrected chi connectivity index (χ3v) is 2.89. The van der Waals surface area contributed by atoms with Crippen LogP contribution < -0.4 is 15.2 Å². The summed E-state index contributed by atoms with van der Waals surface area (Å²) in [5.41, 5.74) is 4.56. The molecule has 0 bridgehead atoms. The summed E-state index contributed by atoms with van der Waals surface area (Å²) in [7, 11) is 3.88. The van der Waals surface area contributed by atoms with Gasteiger partial charge in [0.05, 0.1) is 16.4 Å². The lowest BCUT2D eigenvalue weighted by atomic mass is 10.2. The van der Waals surface area contributed by atoms with E-state index in [1.54, 1.807) is 0 Å². The Bertz CT molecular complexity index is 333. The van der Waals surface area contributed by atoms with Gasteiger partial charge < -0.3 is 10.3 Å². The van der Waals surface area contributed by atoms with Crippen molar-refractivity contribution in [2.45, 2.75) is 0 Å². The molecular weight excluding hydrogens is 286 g/mol. The van der Waals surface area contributed by atoms with Crippen molar-refractivity contribution in [1.82, 2.24) is 4.83 Å². The number of anilines is 2. The fraction of sp³-hybridized carbons (Fsp3) is 0.250. The van der Waals surface area contributed by atoms with E-state index in [-0.39, 0.29) is 0 Å². The quantitative estimate of drug-likeness (QED) is 0.591. The van der Waals surface area contributed by atoms with Gasteiger partial charge in [0.1, 0.15) is 0 Å². The van der Waals surface area contributed by atoms with Crippen molar-refractivity contribution in [2.75, 3.05) is 24.4 Å². The first-order valence-electron chi connectivity index (χ1n) is 3.88. The highest BCUT2D eigenvalue weighted by molar-refractivity contribution is 9.10. The lowest BCUT2D eigenvalue weighted by Crippen LogP contribution is -2.13.